The van der Waals surface area contributed by atoms with Crippen molar-refractivity contribution in [1.29, 1.82) is 0 Å². The zero-order valence-electron chi connectivity index (χ0n) is 13.0. The molecule has 0 aromatic heterocycles. The first kappa shape index (κ1) is 26.5. The minimum atomic E-state index is -0.859. The average molecular weight is 550 g/mol. The van der Waals surface area contributed by atoms with E-state index in [1.807, 2.05) is 13.8 Å². The van der Waals surface area contributed by atoms with E-state index in [2.05, 4.69) is 23.3 Å². The van der Waals surface area contributed by atoms with Gasteiger partial charge >= 0.3 is 0 Å². The molecular formula is C15H19N2O3ReY-3. The fourth-order valence-electron chi connectivity index (χ4n) is 1.42. The number of carbonyl (C=O) groups excluding carboxylic acids is 3. The molecule has 0 aliphatic carbocycles. The van der Waals surface area contributed by atoms with Crippen molar-refractivity contribution in [2.45, 2.75) is 39.7 Å². The Kier molecular flexibility index (Phi) is 18.7. The Balaban J connectivity index is -0.000000864. The van der Waals surface area contributed by atoms with E-state index in [-0.39, 0.29) is 71.5 Å². The molecule has 0 aromatic carbocycles. The van der Waals surface area contributed by atoms with Crippen molar-refractivity contribution in [1.82, 2.24) is 0 Å². The third kappa shape index (κ3) is 9.58. The van der Waals surface area contributed by atoms with Gasteiger partial charge in [0.15, 0.2) is 0 Å². The number of nitrogens with zero attached hydrogens (tertiary/aromatic N) is 2. The summed E-state index contributed by atoms with van der Waals surface area (Å²) in [5, 5.41) is 7.03. The van der Waals surface area contributed by atoms with E-state index < -0.39 is 23.8 Å². The predicted molar refractivity (Wildman–Crippen MR) is 77.9 cm³/mol. The van der Waals surface area contributed by atoms with E-state index in [0.717, 1.165) is 0 Å². The van der Waals surface area contributed by atoms with E-state index in [9.17, 15) is 14.4 Å². The van der Waals surface area contributed by atoms with Gasteiger partial charge in [-0.05, 0) is 12.3 Å². The second kappa shape index (κ2) is 15.5. The van der Waals surface area contributed by atoms with Crippen LogP contribution in [0.5, 0.6) is 0 Å². The normalized spacial score (nSPS) is 17.2. The number of allylic oxidation sites excluding steroid dienone is 3. The Bertz CT molecular complexity index is 448. The number of carbonyl (C=O) groups is 3. The second-order valence-corrected chi connectivity index (χ2v) is 3.58. The molecule has 3 amide bonds. The minimum Gasteiger partial charge on any atom is -0.702 e. The summed E-state index contributed by atoms with van der Waals surface area (Å²) in [6.07, 6.45) is 7.54. The Morgan fingerprint density at radius 1 is 1.41 bits per heavy atom. The van der Waals surface area contributed by atoms with Gasteiger partial charge in [0.05, 0.1) is 5.91 Å². The molecule has 2 radical (unpaired) electrons. The predicted octanol–water partition coefficient (Wildman–Crippen LogP) is 2.99. The van der Waals surface area contributed by atoms with Crippen molar-refractivity contribution >= 4 is 17.7 Å². The molecule has 1 rings (SSSR count). The summed E-state index contributed by atoms with van der Waals surface area (Å²) in [5.41, 5.74) is 0.220. The molecule has 1 fully saturated rings. The van der Waals surface area contributed by atoms with Crippen molar-refractivity contribution < 1.29 is 67.5 Å². The summed E-state index contributed by atoms with van der Waals surface area (Å²) in [6, 6.07) is -0.859. The van der Waals surface area contributed by atoms with Gasteiger partial charge in [0.25, 0.3) is 0 Å². The zero-order chi connectivity index (χ0) is 15.5. The van der Waals surface area contributed by atoms with Crippen LogP contribution < -0.4 is 0 Å². The maximum absolute atomic E-state index is 11.8. The van der Waals surface area contributed by atoms with Gasteiger partial charge in [0.1, 0.15) is 0 Å². The van der Waals surface area contributed by atoms with E-state index in [0.29, 0.717) is 0 Å². The van der Waals surface area contributed by atoms with Gasteiger partial charge in [0.2, 0.25) is 0 Å². The van der Waals surface area contributed by atoms with E-state index in [1.54, 1.807) is 13.0 Å². The molecule has 1 aliphatic heterocycles. The Hall–Kier alpha value is -0.404. The third-order valence-electron chi connectivity index (χ3n) is 2.24. The molecule has 0 aromatic rings. The van der Waals surface area contributed by atoms with Crippen molar-refractivity contribution in [3.8, 4) is 0 Å². The molecule has 1 aliphatic rings. The third-order valence-corrected chi connectivity index (χ3v) is 2.24. The largest absolute Gasteiger partial charge is 0.702 e. The van der Waals surface area contributed by atoms with Crippen LogP contribution in [-0.2, 0) is 67.5 Å². The maximum atomic E-state index is 11.8. The van der Waals surface area contributed by atoms with Gasteiger partial charge in [-0.2, -0.15) is 17.7 Å². The van der Waals surface area contributed by atoms with Crippen LogP contribution in [-0.4, -0.2) is 23.8 Å². The maximum Gasteiger partial charge on any atom is 0.0564 e. The summed E-state index contributed by atoms with van der Waals surface area (Å²) < 4.78 is 0. The van der Waals surface area contributed by atoms with Crippen LogP contribution in [0.25, 0.3) is 10.6 Å². The van der Waals surface area contributed by atoms with Crippen LogP contribution in [0.4, 0.5) is 0 Å². The van der Waals surface area contributed by atoms with Crippen molar-refractivity contribution in [2.24, 2.45) is 0 Å². The first-order valence-corrected chi connectivity index (χ1v) is 6.49. The number of amides is 3. The van der Waals surface area contributed by atoms with Gasteiger partial charge in [0, 0.05) is 59.0 Å². The number of hydrogen-bond donors (Lipinski definition) is 0. The number of piperidine rings is 1. The van der Waals surface area contributed by atoms with Crippen molar-refractivity contribution in [2.75, 3.05) is 0 Å². The number of rotatable bonds is 4. The molecule has 1 unspecified atom stereocenters. The SMILES string of the molecule is C=C/C=C(\[C-]=CC)C(=O)[N-]C1CCC(=O)[N-]C1=O.CC.[Re].[Y]. The molecule has 0 N–H and O–H groups in total. The summed E-state index contributed by atoms with van der Waals surface area (Å²) in [7, 11) is 0. The Morgan fingerprint density at radius 2 is 2.00 bits per heavy atom. The molecule has 0 spiro atoms. The molecule has 1 atom stereocenters. The van der Waals surface area contributed by atoms with Gasteiger partial charge in [-0.3, -0.25) is 0 Å². The summed E-state index contributed by atoms with van der Waals surface area (Å²) in [4.78, 5) is 34.0. The molecule has 22 heavy (non-hydrogen) atoms. The first-order valence-electron chi connectivity index (χ1n) is 6.49. The molecule has 5 nitrogen and oxygen atoms in total. The average Bonchev–Trinajstić information content (AvgIpc) is 2.44. The van der Waals surface area contributed by atoms with Gasteiger partial charge in [-0.1, -0.05) is 33.2 Å². The molecule has 0 bridgehead atoms. The topological polar surface area (TPSA) is 79.4 Å². The van der Waals surface area contributed by atoms with Crippen LogP contribution in [0.2, 0.25) is 0 Å². The number of imide groups is 1. The summed E-state index contributed by atoms with van der Waals surface area (Å²) in [6.45, 7) is 9.19. The van der Waals surface area contributed by atoms with Gasteiger partial charge < -0.3 is 25.0 Å². The molecule has 120 valence electrons. The summed E-state index contributed by atoms with van der Waals surface area (Å²) in [5.74, 6) is -1.67. The van der Waals surface area contributed by atoms with Crippen molar-refractivity contribution in [3.63, 3.8) is 0 Å². The Morgan fingerprint density at radius 3 is 2.45 bits per heavy atom. The quantitative estimate of drug-likeness (QED) is 0.234. The standard InChI is InChI=1S/C13H15N2O3.C2H6.Re.Y/c1-3-5-9(6-4-2)12(17)14-10-7-8-11(16)15-13(10)18;1-2;;/h3-5,10H,1,7-8H2,2H3,(H2,14,15,16,17,18);1-2H3;;/q-1;;;/p-2/b9-5+;;;. The van der Waals surface area contributed by atoms with Gasteiger partial charge in [-0.15, -0.1) is 18.7 Å². The van der Waals surface area contributed by atoms with E-state index >= 15 is 0 Å². The molecule has 7 heteroatoms. The fraction of sp³-hybridized carbons (Fsp3) is 0.400. The molecule has 0 saturated carbocycles. The monoisotopic (exact) mass is 551 g/mol. The molecule has 1 heterocycles. The van der Waals surface area contributed by atoms with Crippen LogP contribution >= 0.6 is 0 Å². The van der Waals surface area contributed by atoms with Crippen LogP contribution in [0.15, 0.2) is 30.4 Å². The van der Waals surface area contributed by atoms with E-state index in [1.165, 1.54) is 12.2 Å². The van der Waals surface area contributed by atoms with Crippen LogP contribution in [0.3, 0.4) is 0 Å². The fourth-order valence-corrected chi connectivity index (χ4v) is 1.42. The number of hydrogen-bond acceptors (Lipinski definition) is 3. The summed E-state index contributed by atoms with van der Waals surface area (Å²) >= 11 is 0. The van der Waals surface area contributed by atoms with Crippen molar-refractivity contribution in [3.05, 3.63) is 47.1 Å². The van der Waals surface area contributed by atoms with Crippen LogP contribution in [0.1, 0.15) is 33.6 Å². The molecular weight excluding hydrogens is 531 g/mol. The zero-order valence-corrected chi connectivity index (χ0v) is 18.6. The molecule has 1 saturated heterocycles. The second-order valence-electron chi connectivity index (χ2n) is 3.58. The Labute approximate surface area is 171 Å². The smallest absolute Gasteiger partial charge is 0.0564 e. The van der Waals surface area contributed by atoms with E-state index in [4.69, 9.17) is 0 Å². The minimum absolute atomic E-state index is 0. The van der Waals surface area contributed by atoms with Crippen LogP contribution in [0, 0.1) is 6.08 Å². The van der Waals surface area contributed by atoms with Gasteiger partial charge in [-0.25, -0.2) is 0 Å². The first-order chi connectivity index (χ1) is 9.58.